The average molecular weight is 326 g/mol. The number of benzene rings is 1. The first-order chi connectivity index (χ1) is 9.02. The normalized spacial score (nSPS) is 11.5. The number of amides is 1. The standard InChI is InChI=1S/C14H20BrN3O/c1-4-13(10(2)3)17-18-14(19)9-16-12-7-5-6-11(15)8-12/h5-8,10,16H,4,9H2,1-3H3,(H,18,19)/b17-13+. The van der Waals surface area contributed by atoms with Crippen LogP contribution in [-0.4, -0.2) is 18.2 Å². The van der Waals surface area contributed by atoms with Gasteiger partial charge in [0.05, 0.1) is 6.54 Å². The van der Waals surface area contributed by atoms with Gasteiger partial charge in [-0.3, -0.25) is 4.79 Å². The van der Waals surface area contributed by atoms with Gasteiger partial charge in [0.25, 0.3) is 5.91 Å². The Morgan fingerprint density at radius 1 is 1.42 bits per heavy atom. The van der Waals surface area contributed by atoms with Crippen molar-refractivity contribution in [2.75, 3.05) is 11.9 Å². The molecular formula is C14H20BrN3O. The monoisotopic (exact) mass is 325 g/mol. The van der Waals surface area contributed by atoms with E-state index in [4.69, 9.17) is 0 Å². The summed E-state index contributed by atoms with van der Waals surface area (Å²) in [6.45, 7) is 6.36. The summed E-state index contributed by atoms with van der Waals surface area (Å²) in [7, 11) is 0. The third kappa shape index (κ3) is 5.87. The average Bonchev–Trinajstić information content (AvgIpc) is 2.37. The quantitative estimate of drug-likeness (QED) is 0.622. The van der Waals surface area contributed by atoms with Crippen LogP contribution in [0, 0.1) is 5.92 Å². The summed E-state index contributed by atoms with van der Waals surface area (Å²) in [5, 5.41) is 7.18. The van der Waals surface area contributed by atoms with Crippen molar-refractivity contribution < 1.29 is 4.79 Å². The molecule has 0 aliphatic carbocycles. The van der Waals surface area contributed by atoms with E-state index in [1.807, 2.05) is 31.2 Å². The van der Waals surface area contributed by atoms with Crippen LogP contribution in [0.4, 0.5) is 5.69 Å². The van der Waals surface area contributed by atoms with E-state index in [1.54, 1.807) is 0 Å². The zero-order chi connectivity index (χ0) is 14.3. The molecule has 0 aliphatic heterocycles. The fourth-order valence-electron chi connectivity index (χ4n) is 1.57. The second-order valence-corrected chi connectivity index (χ2v) is 5.43. The molecule has 0 radical (unpaired) electrons. The van der Waals surface area contributed by atoms with Crippen LogP contribution in [0.5, 0.6) is 0 Å². The molecule has 0 fully saturated rings. The Hall–Kier alpha value is -1.36. The fourth-order valence-corrected chi connectivity index (χ4v) is 1.97. The van der Waals surface area contributed by atoms with Gasteiger partial charge in [0.2, 0.25) is 0 Å². The van der Waals surface area contributed by atoms with Crippen LogP contribution in [0.3, 0.4) is 0 Å². The number of hydrazone groups is 1. The molecule has 0 saturated heterocycles. The highest BCUT2D eigenvalue weighted by molar-refractivity contribution is 9.10. The second-order valence-electron chi connectivity index (χ2n) is 4.51. The van der Waals surface area contributed by atoms with Gasteiger partial charge in [-0.25, -0.2) is 5.43 Å². The molecule has 0 aliphatic rings. The minimum Gasteiger partial charge on any atom is -0.376 e. The summed E-state index contributed by atoms with van der Waals surface area (Å²) in [5.41, 5.74) is 4.47. The molecule has 2 N–H and O–H groups in total. The fraction of sp³-hybridized carbons (Fsp3) is 0.429. The summed E-state index contributed by atoms with van der Waals surface area (Å²) < 4.78 is 0.976. The lowest BCUT2D eigenvalue weighted by Crippen LogP contribution is -2.27. The van der Waals surface area contributed by atoms with Gasteiger partial charge >= 0.3 is 0 Å². The summed E-state index contributed by atoms with van der Waals surface area (Å²) in [5.74, 6) is 0.204. The number of nitrogens with zero attached hydrogens (tertiary/aromatic N) is 1. The van der Waals surface area contributed by atoms with E-state index < -0.39 is 0 Å². The van der Waals surface area contributed by atoms with Crippen molar-refractivity contribution in [3.05, 3.63) is 28.7 Å². The molecule has 0 saturated carbocycles. The van der Waals surface area contributed by atoms with Crippen molar-refractivity contribution in [1.29, 1.82) is 0 Å². The molecule has 0 bridgehead atoms. The molecule has 0 spiro atoms. The molecule has 0 unspecified atom stereocenters. The van der Waals surface area contributed by atoms with Gasteiger partial charge in [-0.1, -0.05) is 42.8 Å². The van der Waals surface area contributed by atoms with Crippen molar-refractivity contribution in [2.24, 2.45) is 11.0 Å². The molecule has 1 aromatic carbocycles. The first-order valence-electron chi connectivity index (χ1n) is 6.37. The third-order valence-corrected chi connectivity index (χ3v) is 3.12. The van der Waals surface area contributed by atoms with Crippen LogP contribution in [0.25, 0.3) is 0 Å². The van der Waals surface area contributed by atoms with Gasteiger partial charge in [-0.15, -0.1) is 0 Å². The molecule has 1 rings (SSSR count). The number of hydrogen-bond donors (Lipinski definition) is 2. The van der Waals surface area contributed by atoms with Crippen molar-refractivity contribution in [1.82, 2.24) is 5.43 Å². The van der Waals surface area contributed by atoms with Crippen molar-refractivity contribution in [3.8, 4) is 0 Å². The van der Waals surface area contributed by atoms with E-state index >= 15 is 0 Å². The van der Waals surface area contributed by atoms with Gasteiger partial charge in [0.1, 0.15) is 0 Å². The Morgan fingerprint density at radius 2 is 2.16 bits per heavy atom. The Labute approximate surface area is 122 Å². The van der Waals surface area contributed by atoms with E-state index in [0.717, 1.165) is 22.3 Å². The van der Waals surface area contributed by atoms with Crippen LogP contribution in [0.2, 0.25) is 0 Å². The molecule has 0 atom stereocenters. The van der Waals surface area contributed by atoms with Crippen molar-refractivity contribution >= 4 is 33.2 Å². The Morgan fingerprint density at radius 3 is 2.74 bits per heavy atom. The molecule has 0 heterocycles. The largest absolute Gasteiger partial charge is 0.376 e. The number of rotatable bonds is 6. The van der Waals surface area contributed by atoms with Gasteiger partial charge in [-0.2, -0.15) is 5.10 Å². The van der Waals surface area contributed by atoms with Crippen LogP contribution in [0.15, 0.2) is 33.8 Å². The first-order valence-corrected chi connectivity index (χ1v) is 7.17. The molecular weight excluding hydrogens is 306 g/mol. The topological polar surface area (TPSA) is 53.5 Å². The predicted octanol–water partition coefficient (Wildman–Crippen LogP) is 3.40. The molecule has 1 aromatic rings. The van der Waals surface area contributed by atoms with Crippen LogP contribution < -0.4 is 10.7 Å². The van der Waals surface area contributed by atoms with Crippen LogP contribution in [0.1, 0.15) is 27.2 Å². The predicted molar refractivity (Wildman–Crippen MR) is 83.3 cm³/mol. The highest BCUT2D eigenvalue weighted by Crippen LogP contribution is 2.15. The number of carbonyl (C=O) groups excluding carboxylic acids is 1. The van der Waals surface area contributed by atoms with Crippen LogP contribution >= 0.6 is 15.9 Å². The number of carbonyl (C=O) groups is 1. The minimum atomic E-state index is -0.147. The Balaban J connectivity index is 2.44. The maximum Gasteiger partial charge on any atom is 0.259 e. The van der Waals surface area contributed by atoms with E-state index in [-0.39, 0.29) is 12.5 Å². The number of hydrogen-bond acceptors (Lipinski definition) is 3. The molecule has 0 aromatic heterocycles. The van der Waals surface area contributed by atoms with E-state index in [1.165, 1.54) is 0 Å². The van der Waals surface area contributed by atoms with Crippen LogP contribution in [-0.2, 0) is 4.79 Å². The zero-order valence-corrected chi connectivity index (χ0v) is 13.1. The summed E-state index contributed by atoms with van der Waals surface area (Å²) in [4.78, 5) is 11.7. The summed E-state index contributed by atoms with van der Waals surface area (Å²) in [6, 6.07) is 7.68. The molecule has 104 valence electrons. The SMILES string of the molecule is CC/C(=N\NC(=O)CNc1cccc(Br)c1)C(C)C. The summed E-state index contributed by atoms with van der Waals surface area (Å²) >= 11 is 3.38. The van der Waals surface area contributed by atoms with Gasteiger partial charge in [0.15, 0.2) is 0 Å². The molecule has 1 amide bonds. The van der Waals surface area contributed by atoms with E-state index in [0.29, 0.717) is 5.92 Å². The highest BCUT2D eigenvalue weighted by atomic mass is 79.9. The van der Waals surface area contributed by atoms with Gasteiger partial charge < -0.3 is 5.32 Å². The number of anilines is 1. The maximum atomic E-state index is 11.7. The molecule has 5 heteroatoms. The summed E-state index contributed by atoms with van der Waals surface area (Å²) in [6.07, 6.45) is 0.844. The lowest BCUT2D eigenvalue weighted by molar-refractivity contribution is -0.119. The van der Waals surface area contributed by atoms with E-state index in [2.05, 4.69) is 45.6 Å². The first kappa shape index (κ1) is 15.7. The zero-order valence-electron chi connectivity index (χ0n) is 11.5. The minimum absolute atomic E-state index is 0.147. The second kappa shape index (κ2) is 7.94. The smallest absolute Gasteiger partial charge is 0.259 e. The third-order valence-electron chi connectivity index (χ3n) is 2.63. The van der Waals surface area contributed by atoms with Gasteiger partial charge in [0, 0.05) is 15.9 Å². The van der Waals surface area contributed by atoms with E-state index in [9.17, 15) is 4.79 Å². The lowest BCUT2D eigenvalue weighted by Gasteiger charge is -2.09. The maximum absolute atomic E-state index is 11.7. The highest BCUT2D eigenvalue weighted by Gasteiger charge is 2.04. The Bertz CT molecular complexity index is 458. The van der Waals surface area contributed by atoms with Crippen molar-refractivity contribution in [2.45, 2.75) is 27.2 Å². The number of halogens is 1. The lowest BCUT2D eigenvalue weighted by atomic mass is 10.1. The van der Waals surface area contributed by atoms with Crippen molar-refractivity contribution in [3.63, 3.8) is 0 Å². The Kier molecular flexibility index (Phi) is 6.56. The van der Waals surface area contributed by atoms with Gasteiger partial charge in [-0.05, 0) is 30.5 Å². The molecule has 19 heavy (non-hydrogen) atoms. The molecule has 4 nitrogen and oxygen atoms in total. The number of nitrogens with one attached hydrogen (secondary N) is 2.